The molecule has 16 heavy (non-hydrogen) atoms. The molecule has 1 atom stereocenters. The summed E-state index contributed by atoms with van der Waals surface area (Å²) in [6.45, 7) is 2.27. The summed E-state index contributed by atoms with van der Waals surface area (Å²) in [6.07, 6.45) is 4.59. The van der Waals surface area contributed by atoms with Gasteiger partial charge < -0.3 is 5.32 Å². The van der Waals surface area contributed by atoms with E-state index in [1.807, 2.05) is 12.3 Å². The van der Waals surface area contributed by atoms with Crippen molar-refractivity contribution in [2.75, 3.05) is 5.32 Å². The monoisotopic (exact) mass is 212 g/mol. The molecule has 3 rings (SSSR count). The molecule has 1 aliphatic carbocycles. The first kappa shape index (κ1) is 9.64. The van der Waals surface area contributed by atoms with E-state index in [1.54, 1.807) is 0 Å². The molecule has 1 aromatic heterocycles. The first-order chi connectivity index (χ1) is 7.83. The predicted octanol–water partition coefficient (Wildman–Crippen LogP) is 3.45. The van der Waals surface area contributed by atoms with E-state index in [0.29, 0.717) is 6.04 Å². The van der Waals surface area contributed by atoms with Gasteiger partial charge in [-0.25, -0.2) is 0 Å². The van der Waals surface area contributed by atoms with Crippen LogP contribution in [0, 0.1) is 5.92 Å². The lowest BCUT2D eigenvalue weighted by Gasteiger charge is -2.14. The Bertz CT molecular complexity index is 503. The number of fused-ring (bicyclic) bond motifs is 1. The number of nitrogens with one attached hydrogen (secondary N) is 1. The molecular formula is C14H16N2. The summed E-state index contributed by atoms with van der Waals surface area (Å²) in [5, 5.41) is 4.77. The third-order valence-corrected chi connectivity index (χ3v) is 3.33. The Kier molecular flexibility index (Phi) is 2.28. The van der Waals surface area contributed by atoms with Crippen molar-refractivity contribution in [2.45, 2.75) is 25.8 Å². The summed E-state index contributed by atoms with van der Waals surface area (Å²) in [5.74, 6) is 0.879. The quantitative estimate of drug-likeness (QED) is 0.843. The fourth-order valence-electron chi connectivity index (χ4n) is 2.14. The number of benzene rings is 1. The number of pyridine rings is 1. The van der Waals surface area contributed by atoms with Crippen LogP contribution < -0.4 is 5.32 Å². The average molecular weight is 212 g/mol. The Morgan fingerprint density at radius 2 is 2.19 bits per heavy atom. The molecule has 2 nitrogen and oxygen atoms in total. The zero-order valence-corrected chi connectivity index (χ0v) is 9.48. The molecule has 1 heterocycles. The van der Waals surface area contributed by atoms with E-state index >= 15 is 0 Å². The second-order valence-electron chi connectivity index (χ2n) is 4.68. The zero-order chi connectivity index (χ0) is 11.0. The number of hydrogen-bond acceptors (Lipinski definition) is 2. The second-order valence-corrected chi connectivity index (χ2v) is 4.68. The van der Waals surface area contributed by atoms with Crippen LogP contribution in [0.4, 0.5) is 5.69 Å². The normalized spacial score (nSPS) is 17.3. The minimum atomic E-state index is 0.592. The third-order valence-electron chi connectivity index (χ3n) is 3.33. The van der Waals surface area contributed by atoms with Crippen LogP contribution in [-0.4, -0.2) is 11.0 Å². The molecule has 0 aliphatic heterocycles. The van der Waals surface area contributed by atoms with E-state index in [1.165, 1.54) is 23.9 Å². The highest BCUT2D eigenvalue weighted by Crippen LogP contribution is 2.34. The van der Waals surface area contributed by atoms with Gasteiger partial charge in [0, 0.05) is 23.3 Å². The summed E-state index contributed by atoms with van der Waals surface area (Å²) in [7, 11) is 0. The Balaban J connectivity index is 1.86. The molecular weight excluding hydrogens is 196 g/mol. The van der Waals surface area contributed by atoms with Crippen molar-refractivity contribution in [3.8, 4) is 0 Å². The molecule has 0 amide bonds. The predicted molar refractivity (Wildman–Crippen MR) is 67.6 cm³/mol. The number of aromatic nitrogens is 1. The first-order valence-corrected chi connectivity index (χ1v) is 5.94. The van der Waals surface area contributed by atoms with Gasteiger partial charge in [-0.1, -0.05) is 6.07 Å². The van der Waals surface area contributed by atoms with Crippen molar-refractivity contribution in [1.29, 1.82) is 0 Å². The second kappa shape index (κ2) is 3.78. The van der Waals surface area contributed by atoms with Gasteiger partial charge in [0.05, 0.1) is 5.52 Å². The summed E-state index contributed by atoms with van der Waals surface area (Å²) in [6, 6.07) is 11.1. The standard InChI is InChI=1S/C14H16N2/c1-10(11-4-5-11)16-13-6-7-14-12(9-13)3-2-8-15-14/h2-3,6-11,16H,4-5H2,1H3. The van der Waals surface area contributed by atoms with E-state index < -0.39 is 0 Å². The molecule has 0 bridgehead atoms. The molecule has 2 aromatic rings. The van der Waals surface area contributed by atoms with Crippen molar-refractivity contribution in [3.05, 3.63) is 36.5 Å². The number of hydrogen-bond donors (Lipinski definition) is 1. The van der Waals surface area contributed by atoms with E-state index in [-0.39, 0.29) is 0 Å². The molecule has 82 valence electrons. The van der Waals surface area contributed by atoms with Crippen LogP contribution in [-0.2, 0) is 0 Å². The van der Waals surface area contributed by atoms with Crippen LogP contribution in [0.25, 0.3) is 10.9 Å². The van der Waals surface area contributed by atoms with Gasteiger partial charge in [-0.05, 0) is 49.9 Å². The molecule has 2 heteroatoms. The lowest BCUT2D eigenvalue weighted by atomic mass is 10.1. The first-order valence-electron chi connectivity index (χ1n) is 5.94. The number of nitrogens with zero attached hydrogens (tertiary/aromatic N) is 1. The SMILES string of the molecule is CC(Nc1ccc2ncccc2c1)C1CC1. The van der Waals surface area contributed by atoms with E-state index in [2.05, 4.69) is 41.5 Å². The maximum Gasteiger partial charge on any atom is 0.0703 e. The molecule has 1 aliphatic rings. The molecule has 1 aromatic carbocycles. The molecule has 1 unspecified atom stereocenters. The lowest BCUT2D eigenvalue weighted by Crippen LogP contribution is -2.16. The average Bonchev–Trinajstić information content (AvgIpc) is 3.12. The molecule has 0 saturated heterocycles. The summed E-state index contributed by atoms with van der Waals surface area (Å²) in [4.78, 5) is 4.32. The minimum Gasteiger partial charge on any atom is -0.382 e. The van der Waals surface area contributed by atoms with Gasteiger partial charge in [-0.3, -0.25) is 4.98 Å². The van der Waals surface area contributed by atoms with Crippen LogP contribution in [0.1, 0.15) is 19.8 Å². The van der Waals surface area contributed by atoms with E-state index in [9.17, 15) is 0 Å². The van der Waals surface area contributed by atoms with Gasteiger partial charge >= 0.3 is 0 Å². The van der Waals surface area contributed by atoms with Crippen molar-refractivity contribution < 1.29 is 0 Å². The van der Waals surface area contributed by atoms with Crippen molar-refractivity contribution in [2.24, 2.45) is 5.92 Å². The minimum absolute atomic E-state index is 0.592. The Hall–Kier alpha value is -1.57. The molecule has 1 N–H and O–H groups in total. The van der Waals surface area contributed by atoms with Crippen LogP contribution in [0.5, 0.6) is 0 Å². The summed E-state index contributed by atoms with van der Waals surface area (Å²) in [5.41, 5.74) is 2.27. The van der Waals surface area contributed by atoms with Crippen molar-refractivity contribution in [3.63, 3.8) is 0 Å². The third kappa shape index (κ3) is 1.87. The molecule has 1 saturated carbocycles. The largest absolute Gasteiger partial charge is 0.382 e. The van der Waals surface area contributed by atoms with Gasteiger partial charge in [0.2, 0.25) is 0 Å². The Morgan fingerprint density at radius 1 is 1.31 bits per heavy atom. The maximum atomic E-state index is 4.32. The highest BCUT2D eigenvalue weighted by atomic mass is 14.9. The maximum absolute atomic E-state index is 4.32. The fourth-order valence-corrected chi connectivity index (χ4v) is 2.14. The Morgan fingerprint density at radius 3 is 3.00 bits per heavy atom. The van der Waals surface area contributed by atoms with Crippen LogP contribution >= 0.6 is 0 Å². The zero-order valence-electron chi connectivity index (χ0n) is 9.48. The van der Waals surface area contributed by atoms with Crippen molar-refractivity contribution in [1.82, 2.24) is 4.98 Å². The Labute approximate surface area is 95.7 Å². The van der Waals surface area contributed by atoms with Gasteiger partial charge in [-0.2, -0.15) is 0 Å². The highest BCUT2D eigenvalue weighted by Gasteiger charge is 2.27. The van der Waals surface area contributed by atoms with Gasteiger partial charge in [0.15, 0.2) is 0 Å². The van der Waals surface area contributed by atoms with Gasteiger partial charge in [0.1, 0.15) is 0 Å². The summed E-state index contributed by atoms with van der Waals surface area (Å²) >= 11 is 0. The van der Waals surface area contributed by atoms with Gasteiger partial charge in [0.25, 0.3) is 0 Å². The smallest absolute Gasteiger partial charge is 0.0703 e. The topological polar surface area (TPSA) is 24.9 Å². The fraction of sp³-hybridized carbons (Fsp3) is 0.357. The number of anilines is 1. The highest BCUT2D eigenvalue weighted by molar-refractivity contribution is 5.82. The summed E-state index contributed by atoms with van der Waals surface area (Å²) < 4.78 is 0. The van der Waals surface area contributed by atoms with Gasteiger partial charge in [-0.15, -0.1) is 0 Å². The van der Waals surface area contributed by atoms with E-state index in [0.717, 1.165) is 11.4 Å². The lowest BCUT2D eigenvalue weighted by molar-refractivity contribution is 0.694. The van der Waals surface area contributed by atoms with E-state index in [4.69, 9.17) is 0 Å². The van der Waals surface area contributed by atoms with Crippen LogP contribution in [0.2, 0.25) is 0 Å². The molecule has 1 fully saturated rings. The molecule has 0 radical (unpaired) electrons. The number of rotatable bonds is 3. The molecule has 0 spiro atoms. The van der Waals surface area contributed by atoms with Crippen molar-refractivity contribution >= 4 is 16.6 Å². The van der Waals surface area contributed by atoms with Crippen LogP contribution in [0.15, 0.2) is 36.5 Å². The van der Waals surface area contributed by atoms with Crippen LogP contribution in [0.3, 0.4) is 0 Å².